The number of fused-ring (bicyclic) bond motifs is 1. The summed E-state index contributed by atoms with van der Waals surface area (Å²) in [5.41, 5.74) is 2.36. The molecule has 0 aliphatic carbocycles. The van der Waals surface area contributed by atoms with Crippen LogP contribution in [0.25, 0.3) is 21.3 Å². The van der Waals surface area contributed by atoms with Gasteiger partial charge in [0.25, 0.3) is 0 Å². The molecule has 1 N–H and O–H groups in total. The molecule has 0 atom stereocenters. The molecule has 0 radical (unpaired) electrons. The number of ether oxygens (including phenoxy) is 1. The van der Waals surface area contributed by atoms with Crippen molar-refractivity contribution in [2.75, 3.05) is 19.0 Å². The summed E-state index contributed by atoms with van der Waals surface area (Å²) in [5, 5.41) is 6.58. The number of rotatable bonds is 5. The second-order valence-electron chi connectivity index (χ2n) is 4.65. The van der Waals surface area contributed by atoms with E-state index in [4.69, 9.17) is 4.74 Å². The Morgan fingerprint density at radius 2 is 2.00 bits per heavy atom. The molecule has 4 nitrogen and oxygen atoms in total. The Morgan fingerprint density at radius 1 is 1.19 bits per heavy atom. The van der Waals surface area contributed by atoms with E-state index in [-0.39, 0.29) is 0 Å². The highest BCUT2D eigenvalue weighted by molar-refractivity contribution is 7.17. The van der Waals surface area contributed by atoms with Gasteiger partial charge in [-0.15, -0.1) is 11.3 Å². The van der Waals surface area contributed by atoms with Crippen LogP contribution in [-0.4, -0.2) is 23.6 Å². The smallest absolute Gasteiger partial charge is 0.158 e. The van der Waals surface area contributed by atoms with E-state index in [0.717, 1.165) is 22.6 Å². The van der Waals surface area contributed by atoms with E-state index in [1.807, 2.05) is 18.2 Å². The Bertz CT molecular complexity index is 740. The molecule has 5 heteroatoms. The van der Waals surface area contributed by atoms with Crippen molar-refractivity contribution in [3.05, 3.63) is 41.5 Å². The summed E-state index contributed by atoms with van der Waals surface area (Å²) in [6.07, 6.45) is 0. The third kappa shape index (κ3) is 2.75. The normalized spacial score (nSPS) is 11.0. The summed E-state index contributed by atoms with van der Waals surface area (Å²) in [6, 6.07) is 10.3. The molecule has 0 saturated heterocycles. The van der Waals surface area contributed by atoms with Crippen molar-refractivity contribution in [3.63, 3.8) is 0 Å². The first-order valence-electron chi connectivity index (χ1n) is 6.89. The fourth-order valence-corrected chi connectivity index (χ4v) is 3.27. The second-order valence-corrected chi connectivity index (χ2v) is 5.51. The number of anilines is 1. The number of methoxy groups -OCH3 is 1. The van der Waals surface area contributed by atoms with Crippen LogP contribution in [0.2, 0.25) is 0 Å². The van der Waals surface area contributed by atoms with Crippen LogP contribution in [0.1, 0.15) is 12.7 Å². The van der Waals surface area contributed by atoms with Crippen LogP contribution in [0.3, 0.4) is 0 Å². The first-order chi connectivity index (χ1) is 10.3. The zero-order chi connectivity index (χ0) is 14.7. The van der Waals surface area contributed by atoms with Crippen molar-refractivity contribution in [2.45, 2.75) is 13.5 Å². The lowest BCUT2D eigenvalue weighted by molar-refractivity contribution is 0.178. The summed E-state index contributed by atoms with van der Waals surface area (Å²) in [4.78, 5) is 10.2. The van der Waals surface area contributed by atoms with Crippen molar-refractivity contribution in [1.29, 1.82) is 0 Å². The van der Waals surface area contributed by atoms with Gasteiger partial charge in [-0.3, -0.25) is 0 Å². The SMILES string of the molecule is CCNc1nc(COC)nc2scc(-c3ccccc3)c12. The molecule has 108 valence electrons. The average Bonchev–Trinajstić information content (AvgIpc) is 2.93. The van der Waals surface area contributed by atoms with Gasteiger partial charge in [-0.05, 0) is 12.5 Å². The predicted octanol–water partition coefficient (Wildman–Crippen LogP) is 3.94. The Kier molecular flexibility index (Phi) is 4.13. The Labute approximate surface area is 127 Å². The molecule has 0 bridgehead atoms. The van der Waals surface area contributed by atoms with Crippen LogP contribution in [0.15, 0.2) is 35.7 Å². The molecular formula is C16H17N3OS. The van der Waals surface area contributed by atoms with Crippen LogP contribution in [0, 0.1) is 0 Å². The highest BCUT2D eigenvalue weighted by Gasteiger charge is 2.14. The summed E-state index contributed by atoms with van der Waals surface area (Å²) in [7, 11) is 1.66. The summed E-state index contributed by atoms with van der Waals surface area (Å²) in [6.45, 7) is 3.31. The number of thiophene rings is 1. The van der Waals surface area contributed by atoms with Gasteiger partial charge in [0, 0.05) is 24.6 Å². The number of hydrogen-bond acceptors (Lipinski definition) is 5. The lowest BCUT2D eigenvalue weighted by Crippen LogP contribution is -2.05. The molecule has 0 spiro atoms. The van der Waals surface area contributed by atoms with Gasteiger partial charge in [0.2, 0.25) is 0 Å². The van der Waals surface area contributed by atoms with Crippen LogP contribution >= 0.6 is 11.3 Å². The van der Waals surface area contributed by atoms with Gasteiger partial charge in [0.1, 0.15) is 17.3 Å². The third-order valence-electron chi connectivity index (χ3n) is 3.18. The minimum absolute atomic E-state index is 0.424. The highest BCUT2D eigenvalue weighted by atomic mass is 32.1. The van der Waals surface area contributed by atoms with Crippen LogP contribution in [0.5, 0.6) is 0 Å². The molecule has 0 saturated carbocycles. The summed E-state index contributed by atoms with van der Waals surface area (Å²) < 4.78 is 5.15. The molecule has 1 aromatic carbocycles. The maximum absolute atomic E-state index is 5.15. The third-order valence-corrected chi connectivity index (χ3v) is 4.05. The van der Waals surface area contributed by atoms with E-state index in [9.17, 15) is 0 Å². The molecule has 0 aliphatic rings. The molecule has 2 heterocycles. The predicted molar refractivity (Wildman–Crippen MR) is 87.7 cm³/mol. The quantitative estimate of drug-likeness (QED) is 0.775. The van der Waals surface area contributed by atoms with E-state index in [1.165, 1.54) is 11.1 Å². The monoisotopic (exact) mass is 299 g/mol. The number of aromatic nitrogens is 2. The van der Waals surface area contributed by atoms with Crippen LogP contribution < -0.4 is 5.32 Å². The molecule has 0 fully saturated rings. The van der Waals surface area contributed by atoms with E-state index in [1.54, 1.807) is 18.4 Å². The topological polar surface area (TPSA) is 47.0 Å². The maximum Gasteiger partial charge on any atom is 0.158 e. The standard InChI is InChI=1S/C16H17N3OS/c1-3-17-15-14-12(11-7-5-4-6-8-11)10-21-16(14)19-13(18-15)9-20-2/h4-8,10H,3,9H2,1-2H3,(H,17,18,19). The van der Waals surface area contributed by atoms with Crippen molar-refractivity contribution >= 4 is 27.4 Å². The minimum atomic E-state index is 0.424. The lowest BCUT2D eigenvalue weighted by Gasteiger charge is -2.08. The van der Waals surface area contributed by atoms with Crippen molar-refractivity contribution in [1.82, 2.24) is 9.97 Å². The van der Waals surface area contributed by atoms with Gasteiger partial charge in [0.05, 0.1) is 5.39 Å². The molecule has 0 aliphatic heterocycles. The first kappa shape index (κ1) is 14.0. The number of nitrogens with zero attached hydrogens (tertiary/aromatic N) is 2. The Hall–Kier alpha value is -1.98. The zero-order valence-electron chi connectivity index (χ0n) is 12.1. The second kappa shape index (κ2) is 6.20. The maximum atomic E-state index is 5.15. The lowest BCUT2D eigenvalue weighted by atomic mass is 10.1. The van der Waals surface area contributed by atoms with Crippen molar-refractivity contribution in [3.8, 4) is 11.1 Å². The van der Waals surface area contributed by atoms with Gasteiger partial charge in [-0.25, -0.2) is 9.97 Å². The summed E-state index contributed by atoms with van der Waals surface area (Å²) in [5.74, 6) is 1.59. The summed E-state index contributed by atoms with van der Waals surface area (Å²) >= 11 is 1.64. The van der Waals surface area contributed by atoms with Crippen molar-refractivity contribution < 1.29 is 4.74 Å². The first-order valence-corrected chi connectivity index (χ1v) is 7.77. The fourth-order valence-electron chi connectivity index (χ4n) is 2.31. The molecule has 21 heavy (non-hydrogen) atoms. The number of nitrogens with one attached hydrogen (secondary N) is 1. The molecule has 0 amide bonds. The van der Waals surface area contributed by atoms with Crippen molar-refractivity contribution in [2.24, 2.45) is 0 Å². The molecule has 3 rings (SSSR count). The van der Waals surface area contributed by atoms with Crippen LogP contribution in [-0.2, 0) is 11.3 Å². The van der Waals surface area contributed by atoms with E-state index in [2.05, 4.69) is 39.7 Å². The van der Waals surface area contributed by atoms with E-state index >= 15 is 0 Å². The van der Waals surface area contributed by atoms with E-state index in [0.29, 0.717) is 12.4 Å². The number of hydrogen-bond donors (Lipinski definition) is 1. The minimum Gasteiger partial charge on any atom is -0.377 e. The fraction of sp³-hybridized carbons (Fsp3) is 0.250. The van der Waals surface area contributed by atoms with Gasteiger partial charge >= 0.3 is 0 Å². The van der Waals surface area contributed by atoms with Crippen LogP contribution in [0.4, 0.5) is 5.82 Å². The Balaban J connectivity index is 2.19. The van der Waals surface area contributed by atoms with Gasteiger partial charge in [0.15, 0.2) is 5.82 Å². The number of benzene rings is 1. The van der Waals surface area contributed by atoms with Gasteiger partial charge < -0.3 is 10.1 Å². The van der Waals surface area contributed by atoms with Gasteiger partial charge in [-0.2, -0.15) is 0 Å². The van der Waals surface area contributed by atoms with E-state index < -0.39 is 0 Å². The Morgan fingerprint density at radius 3 is 2.71 bits per heavy atom. The zero-order valence-corrected chi connectivity index (χ0v) is 12.9. The molecule has 3 aromatic rings. The average molecular weight is 299 g/mol. The molecule has 2 aromatic heterocycles. The largest absolute Gasteiger partial charge is 0.377 e. The highest BCUT2D eigenvalue weighted by Crippen LogP contribution is 2.36. The molecular weight excluding hydrogens is 282 g/mol. The van der Waals surface area contributed by atoms with Gasteiger partial charge in [-0.1, -0.05) is 30.3 Å². The molecule has 0 unspecified atom stereocenters.